The molecule has 0 saturated heterocycles. The van der Waals surface area contributed by atoms with Gasteiger partial charge < -0.3 is 10.5 Å². The van der Waals surface area contributed by atoms with Gasteiger partial charge >= 0.3 is 0 Å². The highest BCUT2D eigenvalue weighted by molar-refractivity contribution is 5.97. The molecule has 0 radical (unpaired) electrons. The second-order valence-electron chi connectivity index (χ2n) is 3.12. The minimum atomic E-state index is -0.479. The third kappa shape index (κ3) is 1.61. The molecule has 2 rings (SSSR count). The van der Waals surface area contributed by atoms with Crippen LogP contribution in [0.15, 0.2) is 30.5 Å². The largest absolute Gasteiger partial charge is 0.494 e. The van der Waals surface area contributed by atoms with Crippen LogP contribution in [0.4, 0.5) is 0 Å². The van der Waals surface area contributed by atoms with E-state index < -0.39 is 5.91 Å². The van der Waals surface area contributed by atoms with Crippen molar-refractivity contribution in [2.75, 3.05) is 7.11 Å². The molecular weight excluding hydrogens is 192 g/mol. The number of hydrogen-bond acceptors (Lipinski definition) is 3. The summed E-state index contributed by atoms with van der Waals surface area (Å²) in [7, 11) is 1.58. The normalized spacial score (nSPS) is 10.2. The van der Waals surface area contributed by atoms with Gasteiger partial charge in [-0.25, -0.2) is 0 Å². The Balaban J connectivity index is 2.69. The summed E-state index contributed by atoms with van der Waals surface area (Å²) >= 11 is 0. The molecule has 0 spiro atoms. The number of carbonyl (C=O) groups is 1. The van der Waals surface area contributed by atoms with E-state index in [1.54, 1.807) is 13.2 Å². The Kier molecular flexibility index (Phi) is 2.25. The number of methoxy groups -OCH3 is 1. The second kappa shape index (κ2) is 3.57. The molecule has 1 aromatic heterocycles. The van der Waals surface area contributed by atoms with Gasteiger partial charge in [0.05, 0.1) is 12.7 Å². The number of pyridine rings is 1. The summed E-state index contributed by atoms with van der Waals surface area (Å²) < 4.78 is 5.15. The zero-order chi connectivity index (χ0) is 10.8. The average molecular weight is 202 g/mol. The summed E-state index contributed by atoms with van der Waals surface area (Å²) in [5.41, 5.74) is 6.29. The third-order valence-corrected chi connectivity index (χ3v) is 2.18. The molecule has 0 fully saturated rings. The van der Waals surface area contributed by atoms with Crippen LogP contribution in [0.2, 0.25) is 0 Å². The van der Waals surface area contributed by atoms with Crippen molar-refractivity contribution >= 4 is 16.8 Å². The van der Waals surface area contributed by atoms with Crippen LogP contribution in [-0.2, 0) is 0 Å². The predicted octanol–water partition coefficient (Wildman–Crippen LogP) is 1.34. The summed E-state index contributed by atoms with van der Waals surface area (Å²) in [5.74, 6) is 0.204. The van der Waals surface area contributed by atoms with Crippen LogP contribution in [0.5, 0.6) is 5.75 Å². The predicted molar refractivity (Wildman–Crippen MR) is 56.8 cm³/mol. The molecule has 4 heteroatoms. The molecule has 1 aromatic carbocycles. The zero-order valence-electron chi connectivity index (χ0n) is 8.23. The molecule has 76 valence electrons. The summed E-state index contributed by atoms with van der Waals surface area (Å²) in [5, 5.41) is 0.839. The Morgan fingerprint density at radius 2 is 2.27 bits per heavy atom. The van der Waals surface area contributed by atoms with Crippen LogP contribution in [-0.4, -0.2) is 18.0 Å². The second-order valence-corrected chi connectivity index (χ2v) is 3.12. The summed E-state index contributed by atoms with van der Waals surface area (Å²) in [6.07, 6.45) is 1.45. The topological polar surface area (TPSA) is 65.2 Å². The van der Waals surface area contributed by atoms with Crippen molar-refractivity contribution in [1.82, 2.24) is 4.98 Å². The molecule has 1 amide bonds. The number of nitrogens with zero attached hydrogens (tertiary/aromatic N) is 1. The van der Waals surface area contributed by atoms with E-state index in [1.807, 2.05) is 18.2 Å². The highest BCUT2D eigenvalue weighted by atomic mass is 16.5. The lowest BCUT2D eigenvalue weighted by molar-refractivity contribution is 0.1000. The first-order chi connectivity index (χ1) is 7.22. The molecule has 0 aliphatic rings. The maximum Gasteiger partial charge on any atom is 0.250 e. The van der Waals surface area contributed by atoms with Gasteiger partial charge in [-0.1, -0.05) is 12.1 Å². The number of benzene rings is 1. The van der Waals surface area contributed by atoms with Crippen LogP contribution in [0.3, 0.4) is 0 Å². The van der Waals surface area contributed by atoms with Gasteiger partial charge in [-0.15, -0.1) is 0 Å². The van der Waals surface area contributed by atoms with E-state index in [4.69, 9.17) is 10.5 Å². The third-order valence-electron chi connectivity index (χ3n) is 2.18. The van der Waals surface area contributed by atoms with Crippen molar-refractivity contribution in [3.05, 3.63) is 36.0 Å². The van der Waals surface area contributed by atoms with E-state index in [-0.39, 0.29) is 0 Å². The number of hydrogen-bond donors (Lipinski definition) is 1. The van der Waals surface area contributed by atoms with E-state index in [0.29, 0.717) is 11.3 Å². The van der Waals surface area contributed by atoms with Crippen LogP contribution in [0.25, 0.3) is 10.9 Å². The standard InChI is InChI=1S/C11H10N2O2/c1-15-9-4-2-3-7-5-8(11(12)14)6-13-10(7)9/h2-6H,1H3,(H2,12,14). The Labute approximate surface area is 86.7 Å². The first-order valence-corrected chi connectivity index (χ1v) is 4.45. The van der Waals surface area contributed by atoms with E-state index in [9.17, 15) is 4.79 Å². The van der Waals surface area contributed by atoms with E-state index >= 15 is 0 Å². The quantitative estimate of drug-likeness (QED) is 0.799. The van der Waals surface area contributed by atoms with Gasteiger partial charge in [0.1, 0.15) is 11.3 Å². The Morgan fingerprint density at radius 3 is 2.93 bits per heavy atom. The minimum Gasteiger partial charge on any atom is -0.494 e. The van der Waals surface area contributed by atoms with Crippen LogP contribution >= 0.6 is 0 Å². The van der Waals surface area contributed by atoms with Crippen molar-refractivity contribution in [1.29, 1.82) is 0 Å². The molecule has 4 nitrogen and oxygen atoms in total. The van der Waals surface area contributed by atoms with E-state index in [2.05, 4.69) is 4.98 Å². The van der Waals surface area contributed by atoms with E-state index in [0.717, 1.165) is 10.9 Å². The van der Waals surface area contributed by atoms with Gasteiger partial charge in [-0.3, -0.25) is 9.78 Å². The average Bonchev–Trinajstić information content (AvgIpc) is 2.27. The Bertz CT molecular complexity index is 523. The lowest BCUT2D eigenvalue weighted by Gasteiger charge is -2.04. The Morgan fingerprint density at radius 1 is 1.47 bits per heavy atom. The van der Waals surface area contributed by atoms with Crippen molar-refractivity contribution in [2.45, 2.75) is 0 Å². The Hall–Kier alpha value is -2.10. The number of nitrogens with two attached hydrogens (primary N) is 1. The molecule has 0 unspecified atom stereocenters. The maximum absolute atomic E-state index is 11.0. The molecule has 0 saturated carbocycles. The first kappa shape index (κ1) is 9.45. The number of aromatic nitrogens is 1. The van der Waals surface area contributed by atoms with Crippen LogP contribution in [0, 0.1) is 0 Å². The maximum atomic E-state index is 11.0. The fourth-order valence-corrected chi connectivity index (χ4v) is 1.43. The van der Waals surface area contributed by atoms with Crippen LogP contribution in [0.1, 0.15) is 10.4 Å². The van der Waals surface area contributed by atoms with Gasteiger partial charge in [0.25, 0.3) is 0 Å². The SMILES string of the molecule is COc1cccc2cc(C(N)=O)cnc12. The number of rotatable bonds is 2. The van der Waals surface area contributed by atoms with Crippen molar-refractivity contribution in [2.24, 2.45) is 5.73 Å². The number of amides is 1. The molecule has 15 heavy (non-hydrogen) atoms. The highest BCUT2D eigenvalue weighted by Crippen LogP contribution is 2.23. The number of primary amides is 1. The molecule has 1 heterocycles. The van der Waals surface area contributed by atoms with Gasteiger partial charge in [0.15, 0.2) is 0 Å². The molecule has 2 aromatic rings. The van der Waals surface area contributed by atoms with Gasteiger partial charge in [0, 0.05) is 11.6 Å². The fraction of sp³-hybridized carbons (Fsp3) is 0.0909. The summed E-state index contributed by atoms with van der Waals surface area (Å²) in [6.45, 7) is 0. The van der Waals surface area contributed by atoms with Crippen molar-refractivity contribution in [3.8, 4) is 5.75 Å². The molecule has 2 N–H and O–H groups in total. The molecule has 0 aliphatic carbocycles. The van der Waals surface area contributed by atoms with E-state index in [1.165, 1.54) is 6.20 Å². The summed E-state index contributed by atoms with van der Waals surface area (Å²) in [6, 6.07) is 7.22. The molecule has 0 aliphatic heterocycles. The summed E-state index contributed by atoms with van der Waals surface area (Å²) in [4.78, 5) is 15.1. The van der Waals surface area contributed by atoms with Gasteiger partial charge in [-0.2, -0.15) is 0 Å². The lowest BCUT2D eigenvalue weighted by atomic mass is 10.1. The zero-order valence-corrected chi connectivity index (χ0v) is 8.23. The van der Waals surface area contributed by atoms with Crippen molar-refractivity contribution < 1.29 is 9.53 Å². The van der Waals surface area contributed by atoms with Crippen molar-refractivity contribution in [3.63, 3.8) is 0 Å². The number of fused-ring (bicyclic) bond motifs is 1. The van der Waals surface area contributed by atoms with Gasteiger partial charge in [0.2, 0.25) is 5.91 Å². The first-order valence-electron chi connectivity index (χ1n) is 4.45. The smallest absolute Gasteiger partial charge is 0.250 e. The number of para-hydroxylation sites is 1. The number of ether oxygens (including phenoxy) is 1. The fourth-order valence-electron chi connectivity index (χ4n) is 1.43. The minimum absolute atomic E-state index is 0.399. The highest BCUT2D eigenvalue weighted by Gasteiger charge is 2.05. The molecule has 0 bridgehead atoms. The molecule has 0 atom stereocenters. The van der Waals surface area contributed by atoms with Gasteiger partial charge in [-0.05, 0) is 12.1 Å². The molecular formula is C11H10N2O2. The monoisotopic (exact) mass is 202 g/mol. The number of carbonyl (C=O) groups excluding carboxylic acids is 1. The lowest BCUT2D eigenvalue weighted by Crippen LogP contribution is -2.11. The van der Waals surface area contributed by atoms with Crippen LogP contribution < -0.4 is 10.5 Å².